The number of hydrogen-bond acceptors (Lipinski definition) is 6. The predicted molar refractivity (Wildman–Crippen MR) is 80.7 cm³/mol. The number of nitrogens with two attached hydrogens (primary N) is 2. The van der Waals surface area contributed by atoms with E-state index >= 15 is 0 Å². The van der Waals surface area contributed by atoms with E-state index in [0.29, 0.717) is 25.3 Å². The van der Waals surface area contributed by atoms with Crippen LogP contribution in [0.2, 0.25) is 0 Å². The summed E-state index contributed by atoms with van der Waals surface area (Å²) in [6.07, 6.45) is 2.06. The quantitative estimate of drug-likeness (QED) is 0.309. The molecule has 1 fully saturated rings. The van der Waals surface area contributed by atoms with E-state index in [-0.39, 0.29) is 11.9 Å². The smallest absolute Gasteiger partial charge is 0.240 e. The number of nitrogens with one attached hydrogen (secondary N) is 1. The molecule has 0 aliphatic carbocycles. The topological polar surface area (TPSA) is 131 Å². The zero-order valence-electron chi connectivity index (χ0n) is 11.4. The lowest BCUT2D eigenvalue weighted by Crippen LogP contribution is -2.42. The number of nitrogens with zero attached hydrogens (tertiary/aromatic N) is 2. The molecule has 5 N–H and O–H groups in total. The van der Waals surface area contributed by atoms with E-state index in [9.17, 15) is 13.2 Å². The molecule has 1 amide bonds. The second-order valence-electron chi connectivity index (χ2n) is 4.53. The van der Waals surface area contributed by atoms with Crippen molar-refractivity contribution >= 4 is 33.7 Å². The van der Waals surface area contributed by atoms with Crippen LogP contribution in [0.3, 0.4) is 0 Å². The second kappa shape index (κ2) is 7.70. The van der Waals surface area contributed by atoms with E-state index in [1.165, 1.54) is 0 Å². The third-order valence-corrected chi connectivity index (χ3v) is 4.17. The Balaban J connectivity index is 2.26. The van der Waals surface area contributed by atoms with Crippen molar-refractivity contribution in [3.8, 4) is 0 Å². The molecule has 1 saturated heterocycles. The highest BCUT2D eigenvalue weighted by Gasteiger charge is 2.23. The molecule has 0 aromatic rings. The first-order chi connectivity index (χ1) is 9.29. The molecule has 1 heterocycles. The molecule has 1 aliphatic rings. The molecule has 0 unspecified atom stereocenters. The Kier molecular flexibility index (Phi) is 6.56. The molecular formula is C10H21N5O3S2. The summed E-state index contributed by atoms with van der Waals surface area (Å²) in [4.78, 5) is 17.5. The fourth-order valence-corrected chi connectivity index (χ4v) is 3.08. The van der Waals surface area contributed by atoms with Gasteiger partial charge in [-0.1, -0.05) is 0 Å². The van der Waals surface area contributed by atoms with Crippen molar-refractivity contribution in [2.75, 3.05) is 31.0 Å². The summed E-state index contributed by atoms with van der Waals surface area (Å²) in [6.45, 7) is 1.07. The lowest BCUT2D eigenvalue weighted by Gasteiger charge is -2.19. The molecule has 1 aliphatic heterocycles. The van der Waals surface area contributed by atoms with Crippen molar-refractivity contribution in [2.45, 2.75) is 18.9 Å². The van der Waals surface area contributed by atoms with Gasteiger partial charge >= 0.3 is 0 Å². The van der Waals surface area contributed by atoms with Crippen molar-refractivity contribution in [3.63, 3.8) is 0 Å². The fraction of sp³-hybridized carbons (Fsp3) is 0.800. The number of sulfonamides is 1. The Morgan fingerprint density at radius 3 is 2.80 bits per heavy atom. The Hall–Kier alpha value is -1.00. The summed E-state index contributed by atoms with van der Waals surface area (Å²) in [6, 6.07) is -0.534. The van der Waals surface area contributed by atoms with Gasteiger partial charge in [0.25, 0.3) is 0 Å². The van der Waals surface area contributed by atoms with Crippen LogP contribution in [0.5, 0.6) is 0 Å². The van der Waals surface area contributed by atoms with E-state index in [2.05, 4.69) is 9.71 Å². The highest BCUT2D eigenvalue weighted by atomic mass is 32.2. The fourth-order valence-electron chi connectivity index (χ4n) is 1.68. The molecule has 20 heavy (non-hydrogen) atoms. The first kappa shape index (κ1) is 17.1. The van der Waals surface area contributed by atoms with Gasteiger partial charge in [0.15, 0.2) is 0 Å². The number of aliphatic imine (C=N–C) groups is 1. The van der Waals surface area contributed by atoms with E-state index in [0.717, 1.165) is 18.6 Å². The minimum absolute atomic E-state index is 0.0405. The summed E-state index contributed by atoms with van der Waals surface area (Å²) in [5.74, 6) is 1.47. The summed E-state index contributed by atoms with van der Waals surface area (Å²) < 4.78 is 23.8. The van der Waals surface area contributed by atoms with Crippen molar-refractivity contribution in [1.82, 2.24) is 9.62 Å². The maximum atomic E-state index is 11.9. The monoisotopic (exact) mass is 323 g/mol. The van der Waals surface area contributed by atoms with Gasteiger partial charge in [-0.05, 0) is 12.8 Å². The number of guanidine groups is 1. The van der Waals surface area contributed by atoms with E-state index in [4.69, 9.17) is 11.5 Å². The molecule has 1 atom stereocenters. The normalized spacial score (nSPS) is 18.1. The van der Waals surface area contributed by atoms with Crippen LogP contribution in [-0.2, 0) is 14.8 Å². The lowest BCUT2D eigenvalue weighted by atomic mass is 10.1. The largest absolute Gasteiger partial charge is 0.369 e. The van der Waals surface area contributed by atoms with Crippen LogP contribution in [0.15, 0.2) is 4.99 Å². The standard InChI is InChI=1S/C10H21N5O3S2/c1-20(17,18)14-10(12)13-4-2-3-8(11)9(16)15-5-6-19-7-15/h8H,2-7,11H2,1H3,(H3,12,13,14)/t8-/m0/s1. The number of carbonyl (C=O) groups is 1. The van der Waals surface area contributed by atoms with Gasteiger partial charge in [0.05, 0.1) is 18.2 Å². The van der Waals surface area contributed by atoms with Gasteiger partial charge in [0.2, 0.25) is 21.9 Å². The number of amides is 1. The van der Waals surface area contributed by atoms with Crippen LogP contribution in [-0.4, -0.2) is 62.2 Å². The van der Waals surface area contributed by atoms with Gasteiger partial charge in [0, 0.05) is 18.8 Å². The van der Waals surface area contributed by atoms with Crippen LogP contribution in [0.1, 0.15) is 12.8 Å². The number of hydrogen-bond donors (Lipinski definition) is 3. The summed E-state index contributed by atoms with van der Waals surface area (Å²) in [7, 11) is -3.39. The minimum Gasteiger partial charge on any atom is -0.369 e. The Morgan fingerprint density at radius 1 is 1.55 bits per heavy atom. The summed E-state index contributed by atoms with van der Waals surface area (Å²) in [5.41, 5.74) is 11.2. The zero-order valence-corrected chi connectivity index (χ0v) is 13.0. The lowest BCUT2D eigenvalue weighted by molar-refractivity contribution is -0.131. The highest BCUT2D eigenvalue weighted by molar-refractivity contribution is 7.99. The van der Waals surface area contributed by atoms with Crippen LogP contribution in [0.4, 0.5) is 0 Å². The number of rotatable bonds is 6. The predicted octanol–water partition coefficient (Wildman–Crippen LogP) is -1.51. The third-order valence-electron chi connectivity index (χ3n) is 2.63. The SMILES string of the molecule is CS(=O)(=O)NC(N)=NCCC[C@H](N)C(=O)N1CCSC1. The van der Waals surface area contributed by atoms with Gasteiger partial charge in [-0.15, -0.1) is 11.8 Å². The molecule has 0 radical (unpaired) electrons. The Labute approximate surface area is 123 Å². The first-order valence-corrected chi connectivity index (χ1v) is 9.24. The molecule has 116 valence electrons. The van der Waals surface area contributed by atoms with Gasteiger partial charge < -0.3 is 16.4 Å². The van der Waals surface area contributed by atoms with Crippen molar-refractivity contribution < 1.29 is 13.2 Å². The van der Waals surface area contributed by atoms with Crippen LogP contribution in [0.25, 0.3) is 0 Å². The van der Waals surface area contributed by atoms with E-state index < -0.39 is 16.1 Å². The third kappa shape index (κ3) is 6.44. The van der Waals surface area contributed by atoms with Gasteiger partial charge in [-0.25, -0.2) is 8.42 Å². The van der Waals surface area contributed by atoms with Crippen LogP contribution in [0, 0.1) is 0 Å². The molecule has 8 nitrogen and oxygen atoms in total. The first-order valence-electron chi connectivity index (χ1n) is 6.19. The van der Waals surface area contributed by atoms with E-state index in [1.54, 1.807) is 16.7 Å². The molecule has 0 bridgehead atoms. The van der Waals surface area contributed by atoms with Crippen LogP contribution < -0.4 is 16.2 Å². The number of carbonyl (C=O) groups excluding carboxylic acids is 1. The molecule has 10 heteroatoms. The second-order valence-corrected chi connectivity index (χ2v) is 7.35. The van der Waals surface area contributed by atoms with Crippen molar-refractivity contribution in [3.05, 3.63) is 0 Å². The van der Waals surface area contributed by atoms with Gasteiger partial charge in [0.1, 0.15) is 0 Å². The number of thioether (sulfide) groups is 1. The van der Waals surface area contributed by atoms with Gasteiger partial charge in [-0.3, -0.25) is 14.5 Å². The maximum absolute atomic E-state index is 11.9. The van der Waals surface area contributed by atoms with Crippen molar-refractivity contribution in [2.24, 2.45) is 16.5 Å². The average molecular weight is 323 g/mol. The molecule has 0 aromatic carbocycles. The van der Waals surface area contributed by atoms with Gasteiger partial charge in [-0.2, -0.15) is 0 Å². The van der Waals surface area contributed by atoms with E-state index in [1.807, 2.05) is 0 Å². The minimum atomic E-state index is -3.39. The molecule has 0 spiro atoms. The van der Waals surface area contributed by atoms with Crippen LogP contribution >= 0.6 is 11.8 Å². The Bertz CT molecular complexity index is 460. The molecule has 0 saturated carbocycles. The maximum Gasteiger partial charge on any atom is 0.240 e. The van der Waals surface area contributed by atoms with Crippen molar-refractivity contribution in [1.29, 1.82) is 0 Å². The summed E-state index contributed by atoms with van der Waals surface area (Å²) in [5, 5.41) is 0. The molecule has 0 aromatic heterocycles. The highest BCUT2D eigenvalue weighted by Crippen LogP contribution is 2.14. The Morgan fingerprint density at radius 2 is 2.25 bits per heavy atom. The molecular weight excluding hydrogens is 302 g/mol. The molecule has 1 rings (SSSR count). The summed E-state index contributed by atoms with van der Waals surface area (Å²) >= 11 is 1.71. The zero-order chi connectivity index (χ0) is 15.2. The average Bonchev–Trinajstić information content (AvgIpc) is 2.84.